The summed E-state index contributed by atoms with van der Waals surface area (Å²) in [6.07, 6.45) is 4.74. The maximum Gasteiger partial charge on any atom is 0.159 e. The van der Waals surface area contributed by atoms with Crippen LogP contribution in [0.4, 0.5) is 5.82 Å². The molecule has 3 rings (SSSR count). The molecule has 2 heterocycles. The van der Waals surface area contributed by atoms with Gasteiger partial charge in [-0.2, -0.15) is 5.10 Å². The number of benzene rings is 1. The van der Waals surface area contributed by atoms with E-state index in [-0.39, 0.29) is 0 Å². The van der Waals surface area contributed by atoms with Crippen molar-refractivity contribution in [3.8, 4) is 0 Å². The lowest BCUT2D eigenvalue weighted by molar-refractivity contribution is 0.448. The number of anilines is 1. The molecule has 1 aliphatic rings. The second-order valence-corrected chi connectivity index (χ2v) is 5.85. The zero-order chi connectivity index (χ0) is 13.9. The minimum atomic E-state index is 0.502. The first-order valence-corrected chi connectivity index (χ1v) is 7.89. The number of hydrogen-bond donors (Lipinski definition) is 0. The number of rotatable bonds is 3. The molecule has 1 aliphatic heterocycles. The van der Waals surface area contributed by atoms with Gasteiger partial charge < -0.3 is 4.90 Å². The van der Waals surface area contributed by atoms with E-state index in [4.69, 9.17) is 11.6 Å². The van der Waals surface area contributed by atoms with E-state index in [1.165, 1.54) is 30.0 Å². The van der Waals surface area contributed by atoms with Crippen LogP contribution >= 0.6 is 11.6 Å². The van der Waals surface area contributed by atoms with Crippen molar-refractivity contribution in [3.05, 3.63) is 30.0 Å². The van der Waals surface area contributed by atoms with Crippen molar-refractivity contribution >= 4 is 28.2 Å². The molecule has 20 heavy (non-hydrogen) atoms. The van der Waals surface area contributed by atoms with E-state index in [0.717, 1.165) is 24.5 Å². The van der Waals surface area contributed by atoms with Crippen LogP contribution in [0.2, 0.25) is 0 Å². The predicted molar refractivity (Wildman–Crippen MR) is 84.6 cm³/mol. The van der Waals surface area contributed by atoms with Crippen LogP contribution in [-0.4, -0.2) is 28.7 Å². The average Bonchev–Trinajstić information content (AvgIpc) is 2.49. The minimum absolute atomic E-state index is 0.502. The van der Waals surface area contributed by atoms with Gasteiger partial charge in [-0.25, -0.2) is 0 Å². The summed E-state index contributed by atoms with van der Waals surface area (Å²) in [6, 6.07) is 8.92. The Labute approximate surface area is 124 Å². The van der Waals surface area contributed by atoms with Crippen molar-refractivity contribution < 1.29 is 0 Å². The van der Waals surface area contributed by atoms with E-state index in [1.54, 1.807) is 0 Å². The summed E-state index contributed by atoms with van der Waals surface area (Å²) in [5.74, 6) is 1.74. The SMILES string of the molecule is Cc1nnc(N2CCCCC2CCCl)c2ccccc12. The third-order valence-corrected chi connectivity index (χ3v) is 4.41. The number of aromatic nitrogens is 2. The number of hydrogen-bond acceptors (Lipinski definition) is 3. The highest BCUT2D eigenvalue weighted by Crippen LogP contribution is 2.31. The van der Waals surface area contributed by atoms with Crippen molar-refractivity contribution in [2.45, 2.75) is 38.6 Å². The van der Waals surface area contributed by atoms with Crippen LogP contribution in [0.1, 0.15) is 31.4 Å². The van der Waals surface area contributed by atoms with E-state index in [1.807, 2.05) is 6.92 Å². The number of piperidine rings is 1. The molecule has 0 amide bonds. The summed E-state index contributed by atoms with van der Waals surface area (Å²) >= 11 is 5.97. The van der Waals surface area contributed by atoms with Crippen molar-refractivity contribution in [3.63, 3.8) is 0 Å². The first kappa shape index (κ1) is 13.6. The minimum Gasteiger partial charge on any atom is -0.352 e. The fourth-order valence-electron chi connectivity index (χ4n) is 3.14. The summed E-state index contributed by atoms with van der Waals surface area (Å²) in [6.45, 7) is 3.08. The molecule has 0 N–H and O–H groups in total. The van der Waals surface area contributed by atoms with E-state index in [9.17, 15) is 0 Å². The Morgan fingerprint density at radius 2 is 2.00 bits per heavy atom. The molecule has 0 aliphatic carbocycles. The van der Waals surface area contributed by atoms with Crippen LogP contribution in [-0.2, 0) is 0 Å². The van der Waals surface area contributed by atoms with Gasteiger partial charge in [-0.05, 0) is 32.6 Å². The molecule has 1 aromatic carbocycles. The number of aryl methyl sites for hydroxylation is 1. The molecule has 0 saturated carbocycles. The lowest BCUT2D eigenvalue weighted by Crippen LogP contribution is -2.40. The van der Waals surface area contributed by atoms with E-state index < -0.39 is 0 Å². The Morgan fingerprint density at radius 1 is 1.20 bits per heavy atom. The maximum atomic E-state index is 5.97. The molecular formula is C16H20ClN3. The largest absolute Gasteiger partial charge is 0.352 e. The smallest absolute Gasteiger partial charge is 0.159 e. The van der Waals surface area contributed by atoms with Crippen LogP contribution in [0.5, 0.6) is 0 Å². The standard InChI is InChI=1S/C16H20ClN3/c1-12-14-7-2-3-8-15(14)16(19-18-12)20-11-5-4-6-13(20)9-10-17/h2-3,7-8,13H,4-6,9-11H2,1H3. The molecule has 3 nitrogen and oxygen atoms in total. The first-order valence-electron chi connectivity index (χ1n) is 7.36. The Bertz CT molecular complexity index is 597. The van der Waals surface area contributed by atoms with Gasteiger partial charge in [0.25, 0.3) is 0 Å². The number of halogens is 1. The average molecular weight is 290 g/mol. The number of fused-ring (bicyclic) bond motifs is 1. The molecule has 1 saturated heterocycles. The Morgan fingerprint density at radius 3 is 2.80 bits per heavy atom. The number of nitrogens with zero attached hydrogens (tertiary/aromatic N) is 3. The van der Waals surface area contributed by atoms with Gasteiger partial charge in [0.1, 0.15) is 0 Å². The first-order chi connectivity index (χ1) is 9.81. The van der Waals surface area contributed by atoms with Crippen LogP contribution in [0.25, 0.3) is 10.8 Å². The molecule has 1 fully saturated rings. The molecule has 0 spiro atoms. The van der Waals surface area contributed by atoms with Gasteiger partial charge in [0.2, 0.25) is 0 Å². The summed E-state index contributed by atoms with van der Waals surface area (Å²) in [5, 5.41) is 11.3. The lowest BCUT2D eigenvalue weighted by atomic mass is 9.99. The van der Waals surface area contributed by atoms with Gasteiger partial charge in [-0.1, -0.05) is 24.3 Å². The molecule has 0 bridgehead atoms. The lowest BCUT2D eigenvalue weighted by Gasteiger charge is -2.36. The molecule has 1 aromatic heterocycles. The molecule has 106 valence electrons. The molecule has 4 heteroatoms. The van der Waals surface area contributed by atoms with Gasteiger partial charge >= 0.3 is 0 Å². The Balaban J connectivity index is 2.06. The fourth-order valence-corrected chi connectivity index (χ4v) is 3.39. The van der Waals surface area contributed by atoms with Gasteiger partial charge in [-0.15, -0.1) is 16.7 Å². The van der Waals surface area contributed by atoms with Crippen molar-refractivity contribution in [1.82, 2.24) is 10.2 Å². The second kappa shape index (κ2) is 5.96. The normalized spacial score (nSPS) is 19.5. The fraction of sp³-hybridized carbons (Fsp3) is 0.500. The molecule has 0 radical (unpaired) electrons. The van der Waals surface area contributed by atoms with Gasteiger partial charge in [0.05, 0.1) is 5.69 Å². The highest BCUT2D eigenvalue weighted by molar-refractivity contribution is 6.17. The third-order valence-electron chi connectivity index (χ3n) is 4.19. The molecule has 1 unspecified atom stereocenters. The summed E-state index contributed by atoms with van der Waals surface area (Å²) in [5.41, 5.74) is 0.996. The Hall–Kier alpha value is -1.35. The number of alkyl halides is 1. The monoisotopic (exact) mass is 289 g/mol. The quantitative estimate of drug-likeness (QED) is 0.802. The van der Waals surface area contributed by atoms with E-state index in [2.05, 4.69) is 39.4 Å². The molecule has 1 atom stereocenters. The highest BCUT2D eigenvalue weighted by atomic mass is 35.5. The predicted octanol–water partition coefficient (Wildman–Crippen LogP) is 3.93. The van der Waals surface area contributed by atoms with Gasteiger partial charge in [0.15, 0.2) is 5.82 Å². The van der Waals surface area contributed by atoms with Crippen LogP contribution in [0.3, 0.4) is 0 Å². The van der Waals surface area contributed by atoms with Crippen molar-refractivity contribution in [2.75, 3.05) is 17.3 Å². The van der Waals surface area contributed by atoms with E-state index in [0.29, 0.717) is 11.9 Å². The second-order valence-electron chi connectivity index (χ2n) is 5.48. The summed E-state index contributed by atoms with van der Waals surface area (Å²) in [7, 11) is 0. The van der Waals surface area contributed by atoms with Crippen LogP contribution in [0.15, 0.2) is 24.3 Å². The highest BCUT2D eigenvalue weighted by Gasteiger charge is 2.25. The summed E-state index contributed by atoms with van der Waals surface area (Å²) in [4.78, 5) is 2.42. The summed E-state index contributed by atoms with van der Waals surface area (Å²) < 4.78 is 0. The van der Waals surface area contributed by atoms with E-state index >= 15 is 0 Å². The topological polar surface area (TPSA) is 29.0 Å². The third kappa shape index (κ3) is 2.47. The van der Waals surface area contributed by atoms with Gasteiger partial charge in [0, 0.05) is 29.2 Å². The van der Waals surface area contributed by atoms with Crippen molar-refractivity contribution in [1.29, 1.82) is 0 Å². The van der Waals surface area contributed by atoms with Crippen LogP contribution in [0, 0.1) is 6.92 Å². The Kier molecular flexibility index (Phi) is 4.06. The van der Waals surface area contributed by atoms with Crippen molar-refractivity contribution in [2.24, 2.45) is 0 Å². The van der Waals surface area contributed by atoms with Gasteiger partial charge in [-0.3, -0.25) is 0 Å². The zero-order valence-electron chi connectivity index (χ0n) is 11.8. The molecular weight excluding hydrogens is 270 g/mol. The van der Waals surface area contributed by atoms with Crippen LogP contribution < -0.4 is 4.90 Å². The zero-order valence-corrected chi connectivity index (χ0v) is 12.6. The maximum absolute atomic E-state index is 5.97. The molecule has 2 aromatic rings.